The molecule has 10 aromatic rings. The van der Waals surface area contributed by atoms with Crippen molar-refractivity contribution in [3.63, 3.8) is 0 Å². The molecule has 1 aromatic heterocycles. The summed E-state index contributed by atoms with van der Waals surface area (Å²) in [7, 11) is 0. The zero-order valence-corrected chi connectivity index (χ0v) is 31.0. The molecule has 0 saturated heterocycles. The van der Waals surface area contributed by atoms with E-state index >= 15 is 0 Å². The van der Waals surface area contributed by atoms with Crippen molar-refractivity contribution in [1.82, 2.24) is 4.57 Å². The fraction of sp³-hybridized carbons (Fsp3) is 0.0545. The molecule has 1 aliphatic carbocycles. The van der Waals surface area contributed by atoms with Gasteiger partial charge in [0, 0.05) is 38.6 Å². The van der Waals surface area contributed by atoms with E-state index < -0.39 is 101 Å². The van der Waals surface area contributed by atoms with E-state index in [-0.39, 0.29) is 16.9 Å². The molecule has 0 saturated carbocycles. The molecule has 270 valence electrons. The fourth-order valence-electron chi connectivity index (χ4n) is 8.50. The molecule has 9 aromatic carbocycles. The van der Waals surface area contributed by atoms with Crippen molar-refractivity contribution in [1.29, 1.82) is 0 Å². The molecule has 0 radical (unpaired) electrons. The monoisotopic (exact) mass is 741 g/mol. The third kappa shape index (κ3) is 5.33. The van der Waals surface area contributed by atoms with Crippen molar-refractivity contribution in [2.45, 2.75) is 19.3 Å². The predicted octanol–water partition coefficient (Wildman–Crippen LogP) is 15.0. The molecule has 0 N–H and O–H groups in total. The van der Waals surface area contributed by atoms with Gasteiger partial charge in [0.15, 0.2) is 0 Å². The lowest BCUT2D eigenvalue weighted by molar-refractivity contribution is 0.660. The summed E-state index contributed by atoms with van der Waals surface area (Å²) in [6, 6.07) is 32.8. The van der Waals surface area contributed by atoms with Crippen LogP contribution in [-0.2, 0) is 5.41 Å². The van der Waals surface area contributed by atoms with E-state index in [1.165, 1.54) is 4.90 Å². The summed E-state index contributed by atoms with van der Waals surface area (Å²) in [4.78, 5) is 1.23. The van der Waals surface area contributed by atoms with E-state index in [4.69, 9.17) is 9.60 Å². The van der Waals surface area contributed by atoms with Gasteiger partial charge < -0.3 is 9.47 Å². The van der Waals surface area contributed by atoms with Crippen molar-refractivity contribution >= 4 is 49.6 Å². The molecule has 0 aliphatic heterocycles. The average Bonchev–Trinajstić information content (AvgIpc) is 3.81. The van der Waals surface area contributed by atoms with E-state index in [1.54, 1.807) is 18.2 Å². The largest absolute Gasteiger partial charge is 0.310 e. The maximum atomic E-state index is 9.81. The van der Waals surface area contributed by atoms with Crippen molar-refractivity contribution in [3.8, 4) is 39.1 Å². The van der Waals surface area contributed by atoms with Crippen LogP contribution in [0.1, 0.15) is 42.8 Å². The molecule has 1 aliphatic rings. The lowest BCUT2D eigenvalue weighted by atomic mass is 9.82. The Balaban J connectivity index is 1.17. The lowest BCUT2D eigenvalue weighted by Crippen LogP contribution is -2.16. The Morgan fingerprint density at radius 1 is 0.456 bits per heavy atom. The molecule has 57 heavy (non-hydrogen) atoms. The standard InChI is InChI=1S/C55H40N2/c1-55(2)50-23-10-8-21-46(50)47-32-31-44(36-51(47)55)56(43-19-12-18-40(34-43)37-14-4-3-5-15-37)42-29-26-38(27-30-42)41-28-33-54-49(35-41)48-22-9-11-24-53(48)57(54)52-25-13-17-39-16-6-7-20-45(39)52/h3-36H,1-2H3/i3D,4D,5D,12D,14D,15D,18D,19D,26D,27D,29D,30D,34D. The fourth-order valence-corrected chi connectivity index (χ4v) is 8.50. The minimum Gasteiger partial charge on any atom is -0.310 e. The first-order chi connectivity index (χ1) is 33.4. The number of para-hydroxylation sites is 1. The van der Waals surface area contributed by atoms with Gasteiger partial charge in [0.2, 0.25) is 0 Å². The van der Waals surface area contributed by atoms with Crippen LogP contribution in [0.2, 0.25) is 0 Å². The van der Waals surface area contributed by atoms with Gasteiger partial charge in [-0.05, 0) is 110 Å². The molecule has 1 heterocycles. The third-order valence-electron chi connectivity index (χ3n) is 11.2. The van der Waals surface area contributed by atoms with E-state index in [9.17, 15) is 8.22 Å². The summed E-state index contributed by atoms with van der Waals surface area (Å²) in [5.74, 6) is 0. The highest BCUT2D eigenvalue weighted by Gasteiger charge is 2.35. The van der Waals surface area contributed by atoms with Gasteiger partial charge in [-0.15, -0.1) is 0 Å². The number of hydrogen-bond acceptors (Lipinski definition) is 1. The Kier molecular flexibility index (Phi) is 5.10. The van der Waals surface area contributed by atoms with Crippen molar-refractivity contribution in [3.05, 3.63) is 217 Å². The zero-order chi connectivity index (χ0) is 49.4. The van der Waals surface area contributed by atoms with Crippen molar-refractivity contribution in [2.75, 3.05) is 4.90 Å². The molecular formula is C55H40N2. The summed E-state index contributed by atoms with van der Waals surface area (Å²) in [6.45, 7) is 4.09. The lowest BCUT2D eigenvalue weighted by Gasteiger charge is -2.28. The Labute approximate surface area is 351 Å². The molecule has 0 fully saturated rings. The van der Waals surface area contributed by atoms with E-state index in [0.717, 1.165) is 60.5 Å². The van der Waals surface area contributed by atoms with Crippen LogP contribution in [0.4, 0.5) is 17.1 Å². The number of anilines is 3. The highest BCUT2D eigenvalue weighted by atomic mass is 15.1. The van der Waals surface area contributed by atoms with E-state index in [1.807, 2.05) is 98.8 Å². The number of benzene rings is 9. The number of hydrogen-bond donors (Lipinski definition) is 0. The van der Waals surface area contributed by atoms with Gasteiger partial charge in [0.1, 0.15) is 0 Å². The van der Waals surface area contributed by atoms with Crippen molar-refractivity contribution < 1.29 is 17.8 Å². The van der Waals surface area contributed by atoms with Crippen LogP contribution in [0.5, 0.6) is 0 Å². The van der Waals surface area contributed by atoms with Crippen molar-refractivity contribution in [2.24, 2.45) is 0 Å². The Bertz CT molecular complexity index is 3870. The maximum Gasteiger partial charge on any atom is 0.0651 e. The second kappa shape index (κ2) is 13.0. The van der Waals surface area contributed by atoms with Crippen LogP contribution in [0, 0.1) is 0 Å². The number of rotatable bonds is 6. The molecule has 0 unspecified atom stereocenters. The molecule has 0 bridgehead atoms. The van der Waals surface area contributed by atoms with Crippen LogP contribution in [0.3, 0.4) is 0 Å². The summed E-state index contributed by atoms with van der Waals surface area (Å²) in [5, 5.41) is 3.86. The van der Waals surface area contributed by atoms with Gasteiger partial charge in [0.25, 0.3) is 0 Å². The number of fused-ring (bicyclic) bond motifs is 7. The summed E-state index contributed by atoms with van der Waals surface area (Å²) in [5.41, 5.74) is 4.74. The van der Waals surface area contributed by atoms with E-state index in [0.29, 0.717) is 5.56 Å². The molecular weight excluding hydrogens is 689 g/mol. The van der Waals surface area contributed by atoms with Crippen LogP contribution < -0.4 is 4.90 Å². The topological polar surface area (TPSA) is 8.17 Å². The summed E-state index contributed by atoms with van der Waals surface area (Å²) in [6.07, 6.45) is 0. The minimum absolute atomic E-state index is 0.00725. The number of aromatic nitrogens is 1. The molecule has 0 spiro atoms. The summed E-state index contributed by atoms with van der Waals surface area (Å²) < 4.78 is 121. The maximum absolute atomic E-state index is 9.81. The van der Waals surface area contributed by atoms with Crippen LogP contribution in [0.15, 0.2) is 206 Å². The van der Waals surface area contributed by atoms with Gasteiger partial charge in [-0.25, -0.2) is 0 Å². The predicted molar refractivity (Wildman–Crippen MR) is 241 cm³/mol. The molecule has 0 amide bonds. The van der Waals surface area contributed by atoms with Crippen LogP contribution >= 0.6 is 0 Å². The normalized spacial score (nSPS) is 16.1. The van der Waals surface area contributed by atoms with Gasteiger partial charge >= 0.3 is 0 Å². The molecule has 0 atom stereocenters. The zero-order valence-electron chi connectivity index (χ0n) is 44.0. The SMILES string of the molecule is [2H]c1c([2H])c([2H])c(-c2c([2H])c([2H])c([2H])c(N(c3ccc4c(c3)C(C)(C)c3ccccc3-4)c3c([2H])c([2H])c(-c4ccc5c(c4)c4ccccc4n5-c4cccc5ccccc45)c([2H])c3[2H])c2[2H])c([2H])c1[2H]. The van der Waals surface area contributed by atoms with Gasteiger partial charge in [-0.3, -0.25) is 0 Å². The third-order valence-corrected chi connectivity index (χ3v) is 11.2. The Morgan fingerprint density at radius 3 is 2.04 bits per heavy atom. The van der Waals surface area contributed by atoms with Gasteiger partial charge in [-0.1, -0.05) is 159 Å². The van der Waals surface area contributed by atoms with Crippen LogP contribution in [0.25, 0.3) is 71.6 Å². The number of nitrogens with zero attached hydrogens (tertiary/aromatic N) is 2. The molecule has 11 rings (SSSR count). The van der Waals surface area contributed by atoms with Gasteiger partial charge in [-0.2, -0.15) is 0 Å². The minimum atomic E-state index is -0.741. The average molecular weight is 742 g/mol. The quantitative estimate of drug-likeness (QED) is 0.165. The highest BCUT2D eigenvalue weighted by Crippen LogP contribution is 2.51. The summed E-state index contributed by atoms with van der Waals surface area (Å²) >= 11 is 0. The van der Waals surface area contributed by atoms with E-state index in [2.05, 4.69) is 28.8 Å². The second-order valence-electron chi connectivity index (χ2n) is 14.8. The Hall–Kier alpha value is -7.16. The first-order valence-electron chi connectivity index (χ1n) is 25.3. The molecule has 2 nitrogen and oxygen atoms in total. The highest BCUT2D eigenvalue weighted by molar-refractivity contribution is 6.11. The Morgan fingerprint density at radius 2 is 1.16 bits per heavy atom. The first kappa shape index (κ1) is 22.4. The smallest absolute Gasteiger partial charge is 0.0651 e. The molecule has 2 heteroatoms. The first-order valence-corrected chi connectivity index (χ1v) is 18.8. The van der Waals surface area contributed by atoms with Gasteiger partial charge in [0.05, 0.1) is 34.5 Å². The van der Waals surface area contributed by atoms with Crippen LogP contribution in [-0.4, -0.2) is 4.57 Å². The second-order valence-corrected chi connectivity index (χ2v) is 14.8.